The molecule has 94 valence electrons. The molecule has 0 bridgehead atoms. The number of nitrogens with zero attached hydrogens (tertiary/aromatic N) is 3. The van der Waals surface area contributed by atoms with E-state index in [9.17, 15) is 10.1 Å². The van der Waals surface area contributed by atoms with Gasteiger partial charge in [0, 0.05) is 4.47 Å². The highest BCUT2D eigenvalue weighted by atomic mass is 79.9. The molecule has 0 aliphatic heterocycles. The quantitative estimate of drug-likeness (QED) is 0.636. The number of aryl methyl sites for hydroxylation is 1. The molecule has 0 aliphatic rings. The minimum absolute atomic E-state index is 0.0231. The third-order valence-electron chi connectivity index (χ3n) is 2.45. The van der Waals surface area contributed by atoms with Crippen LogP contribution in [0.5, 0.6) is 0 Å². The van der Waals surface area contributed by atoms with Gasteiger partial charge in [-0.25, -0.2) is 4.68 Å². The molecule has 7 heteroatoms. The van der Waals surface area contributed by atoms with Gasteiger partial charge in [-0.15, -0.1) is 0 Å². The normalized spacial score (nSPS) is 10.6. The lowest BCUT2D eigenvalue weighted by molar-refractivity contribution is -0.385. The Balaban J connectivity index is 2.63. The van der Waals surface area contributed by atoms with Crippen LogP contribution in [0.2, 0.25) is 5.15 Å². The molecule has 0 saturated heterocycles. The van der Waals surface area contributed by atoms with Crippen molar-refractivity contribution in [3.63, 3.8) is 0 Å². The largest absolute Gasteiger partial charge is 0.329 e. The van der Waals surface area contributed by atoms with E-state index in [0.29, 0.717) is 17.8 Å². The zero-order valence-corrected chi connectivity index (χ0v) is 11.8. The molecule has 0 aliphatic carbocycles. The summed E-state index contributed by atoms with van der Waals surface area (Å²) in [5.41, 5.74) is 0.932. The lowest BCUT2D eigenvalue weighted by Crippen LogP contribution is -1.97. The maximum Gasteiger partial charge on any atom is 0.329 e. The number of rotatable bonds is 3. The van der Waals surface area contributed by atoms with Crippen LogP contribution >= 0.6 is 27.5 Å². The van der Waals surface area contributed by atoms with Gasteiger partial charge in [0.2, 0.25) is 5.15 Å². The van der Waals surface area contributed by atoms with Crippen LogP contribution in [0.15, 0.2) is 28.7 Å². The van der Waals surface area contributed by atoms with Crippen LogP contribution in [0.1, 0.15) is 12.6 Å². The molecule has 0 atom stereocenters. The first-order valence-electron chi connectivity index (χ1n) is 5.22. The van der Waals surface area contributed by atoms with Gasteiger partial charge in [0.15, 0.2) is 0 Å². The highest BCUT2D eigenvalue weighted by Crippen LogP contribution is 2.31. The fourth-order valence-corrected chi connectivity index (χ4v) is 2.33. The summed E-state index contributed by atoms with van der Waals surface area (Å²) in [5.74, 6) is 0. The summed E-state index contributed by atoms with van der Waals surface area (Å²) in [5, 5.41) is 15.2. The van der Waals surface area contributed by atoms with E-state index in [1.54, 1.807) is 19.1 Å². The third kappa shape index (κ3) is 2.26. The van der Waals surface area contributed by atoms with Gasteiger partial charge in [-0.2, -0.15) is 5.10 Å². The van der Waals surface area contributed by atoms with Crippen molar-refractivity contribution in [1.82, 2.24) is 9.78 Å². The minimum atomic E-state index is -0.497. The van der Waals surface area contributed by atoms with Crippen molar-refractivity contribution in [1.29, 1.82) is 0 Å². The average Bonchev–Trinajstić information content (AvgIpc) is 2.66. The monoisotopic (exact) mass is 329 g/mol. The van der Waals surface area contributed by atoms with E-state index in [1.807, 2.05) is 12.1 Å². The average molecular weight is 331 g/mol. The van der Waals surface area contributed by atoms with Crippen molar-refractivity contribution >= 4 is 33.2 Å². The van der Waals surface area contributed by atoms with E-state index in [2.05, 4.69) is 21.0 Å². The molecule has 0 N–H and O–H groups in total. The summed E-state index contributed by atoms with van der Waals surface area (Å²) >= 11 is 9.37. The van der Waals surface area contributed by atoms with Gasteiger partial charge in [0.25, 0.3) is 0 Å². The Bertz CT molecular complexity index is 612. The second-order valence-electron chi connectivity index (χ2n) is 3.59. The molecule has 1 aromatic heterocycles. The molecule has 0 amide bonds. The molecule has 0 unspecified atom stereocenters. The van der Waals surface area contributed by atoms with Crippen molar-refractivity contribution in [3.05, 3.63) is 49.7 Å². The summed E-state index contributed by atoms with van der Waals surface area (Å²) in [4.78, 5) is 10.5. The minimum Gasteiger partial charge on any atom is -0.258 e. The van der Waals surface area contributed by atoms with Crippen LogP contribution in [-0.2, 0) is 6.42 Å². The number of nitro groups is 1. The first-order chi connectivity index (χ1) is 8.54. The number of benzene rings is 1. The van der Waals surface area contributed by atoms with Gasteiger partial charge in [0.05, 0.1) is 10.6 Å². The second-order valence-corrected chi connectivity index (χ2v) is 4.86. The third-order valence-corrected chi connectivity index (χ3v) is 3.28. The van der Waals surface area contributed by atoms with E-state index in [1.165, 1.54) is 4.68 Å². The SMILES string of the molecule is CCc1nn(-c2cccc(Br)c2)c(Cl)c1[N+](=O)[O-]. The zero-order valence-electron chi connectivity index (χ0n) is 9.43. The fraction of sp³-hybridized carbons (Fsp3) is 0.182. The fourth-order valence-electron chi connectivity index (χ4n) is 1.63. The van der Waals surface area contributed by atoms with Gasteiger partial charge >= 0.3 is 5.69 Å². The van der Waals surface area contributed by atoms with E-state index in [-0.39, 0.29) is 10.8 Å². The predicted octanol–water partition coefficient (Wildman–Crippen LogP) is 3.76. The Morgan fingerprint density at radius 3 is 2.78 bits per heavy atom. The summed E-state index contributed by atoms with van der Waals surface area (Å²) in [6.07, 6.45) is 0.455. The Morgan fingerprint density at radius 1 is 1.56 bits per heavy atom. The summed E-state index contributed by atoms with van der Waals surface area (Å²) in [6.45, 7) is 1.80. The standard InChI is InChI=1S/C11H9BrClN3O2/c1-2-9-10(16(17)18)11(13)15(14-9)8-5-3-4-7(12)6-8/h3-6H,2H2,1H3. The Morgan fingerprint density at radius 2 is 2.28 bits per heavy atom. The molecular weight excluding hydrogens is 321 g/mol. The number of halogens is 2. The van der Waals surface area contributed by atoms with Gasteiger partial charge in [-0.1, -0.05) is 40.5 Å². The molecule has 1 heterocycles. The van der Waals surface area contributed by atoms with Gasteiger partial charge in [-0.05, 0) is 24.6 Å². The molecule has 5 nitrogen and oxygen atoms in total. The molecule has 0 spiro atoms. The first kappa shape index (κ1) is 13.0. The maximum absolute atomic E-state index is 11.0. The molecule has 0 fully saturated rings. The van der Waals surface area contributed by atoms with Gasteiger partial charge in [0.1, 0.15) is 5.69 Å². The van der Waals surface area contributed by atoms with Crippen molar-refractivity contribution in [2.24, 2.45) is 0 Å². The Hall–Kier alpha value is -1.40. The molecule has 2 rings (SSSR count). The van der Waals surface area contributed by atoms with Crippen LogP contribution in [0.3, 0.4) is 0 Å². The Kier molecular flexibility index (Phi) is 3.68. The van der Waals surface area contributed by atoms with Gasteiger partial charge in [-0.3, -0.25) is 10.1 Å². The smallest absolute Gasteiger partial charge is 0.258 e. The van der Waals surface area contributed by atoms with E-state index in [0.717, 1.165) is 4.47 Å². The molecular formula is C11H9BrClN3O2. The van der Waals surface area contributed by atoms with Crippen LogP contribution in [0, 0.1) is 10.1 Å². The predicted molar refractivity (Wildman–Crippen MR) is 72.3 cm³/mol. The van der Waals surface area contributed by atoms with Crippen molar-refractivity contribution in [2.45, 2.75) is 13.3 Å². The van der Waals surface area contributed by atoms with Crippen LogP contribution in [0.25, 0.3) is 5.69 Å². The van der Waals surface area contributed by atoms with Gasteiger partial charge < -0.3 is 0 Å². The van der Waals surface area contributed by atoms with Crippen molar-refractivity contribution in [3.8, 4) is 5.69 Å². The van der Waals surface area contributed by atoms with E-state index in [4.69, 9.17) is 11.6 Å². The van der Waals surface area contributed by atoms with Crippen LogP contribution in [0.4, 0.5) is 5.69 Å². The molecule has 0 radical (unpaired) electrons. The molecule has 1 aromatic carbocycles. The Labute approximate surface area is 117 Å². The highest BCUT2D eigenvalue weighted by molar-refractivity contribution is 9.10. The number of hydrogen-bond donors (Lipinski definition) is 0. The number of hydrogen-bond acceptors (Lipinski definition) is 3. The van der Waals surface area contributed by atoms with Crippen molar-refractivity contribution < 1.29 is 4.92 Å². The molecule has 18 heavy (non-hydrogen) atoms. The second kappa shape index (κ2) is 5.07. The lowest BCUT2D eigenvalue weighted by Gasteiger charge is -2.02. The zero-order chi connectivity index (χ0) is 13.3. The van der Waals surface area contributed by atoms with Crippen LogP contribution in [-0.4, -0.2) is 14.7 Å². The van der Waals surface area contributed by atoms with E-state index >= 15 is 0 Å². The summed E-state index contributed by atoms with van der Waals surface area (Å²) in [6, 6.07) is 7.25. The summed E-state index contributed by atoms with van der Waals surface area (Å²) in [7, 11) is 0. The van der Waals surface area contributed by atoms with Crippen molar-refractivity contribution in [2.75, 3.05) is 0 Å². The molecule has 0 saturated carbocycles. The van der Waals surface area contributed by atoms with E-state index < -0.39 is 4.92 Å². The van der Waals surface area contributed by atoms with Crippen LogP contribution < -0.4 is 0 Å². The highest BCUT2D eigenvalue weighted by Gasteiger charge is 2.25. The lowest BCUT2D eigenvalue weighted by atomic mass is 10.3. The summed E-state index contributed by atoms with van der Waals surface area (Å²) < 4.78 is 2.23. The topological polar surface area (TPSA) is 61.0 Å². The number of aromatic nitrogens is 2. The molecule has 2 aromatic rings. The maximum atomic E-state index is 11.0. The first-order valence-corrected chi connectivity index (χ1v) is 6.39.